The van der Waals surface area contributed by atoms with Crippen molar-refractivity contribution in [2.24, 2.45) is 5.92 Å². The molecular weight excluding hydrogens is 282 g/mol. The number of nitrogens with zero attached hydrogens (tertiary/aromatic N) is 3. The summed E-state index contributed by atoms with van der Waals surface area (Å²) < 4.78 is 5.39. The van der Waals surface area contributed by atoms with Gasteiger partial charge in [-0.1, -0.05) is 0 Å². The van der Waals surface area contributed by atoms with Crippen LogP contribution in [0.5, 0.6) is 0 Å². The fraction of sp³-hybridized carbons (Fsp3) is 0.667. The first-order valence-electron chi connectivity index (χ1n) is 7.95. The summed E-state index contributed by atoms with van der Waals surface area (Å²) in [6.07, 6.45) is 5.31. The van der Waals surface area contributed by atoms with Crippen molar-refractivity contribution in [3.05, 3.63) is 12.3 Å². The third kappa shape index (κ3) is 3.65. The number of nitrogen functional groups attached to an aromatic ring is 1. The van der Waals surface area contributed by atoms with E-state index in [-0.39, 0.29) is 12.0 Å². The summed E-state index contributed by atoms with van der Waals surface area (Å²) in [7, 11) is 0. The van der Waals surface area contributed by atoms with Crippen molar-refractivity contribution in [2.75, 3.05) is 36.9 Å². The van der Waals surface area contributed by atoms with E-state index >= 15 is 0 Å². The monoisotopic (exact) mass is 305 g/mol. The molecule has 1 amide bonds. The number of hydrogen-bond acceptors (Lipinski definition) is 6. The quantitative estimate of drug-likeness (QED) is 0.845. The van der Waals surface area contributed by atoms with Crippen molar-refractivity contribution in [3.63, 3.8) is 0 Å². The van der Waals surface area contributed by atoms with E-state index in [0.717, 1.165) is 45.3 Å². The Morgan fingerprint density at radius 1 is 1.41 bits per heavy atom. The number of nitrogens with two attached hydrogens (primary N) is 1. The summed E-state index contributed by atoms with van der Waals surface area (Å²) in [6, 6.07) is 1.69. The van der Waals surface area contributed by atoms with Gasteiger partial charge in [0.15, 0.2) is 0 Å². The molecule has 1 aromatic heterocycles. The Kier molecular flexibility index (Phi) is 4.72. The topological polar surface area (TPSA) is 93.4 Å². The molecule has 1 unspecified atom stereocenters. The Morgan fingerprint density at radius 3 is 2.91 bits per heavy atom. The minimum Gasteiger partial charge on any atom is -0.384 e. The highest BCUT2D eigenvalue weighted by molar-refractivity contribution is 5.80. The highest BCUT2D eigenvalue weighted by Gasteiger charge is 2.25. The minimum absolute atomic E-state index is 0.0408. The highest BCUT2D eigenvalue weighted by Crippen LogP contribution is 2.20. The number of hydrogen-bond donors (Lipinski definition) is 2. The Hall–Kier alpha value is -1.89. The average Bonchev–Trinajstić information content (AvgIpc) is 3.08. The zero-order valence-corrected chi connectivity index (χ0v) is 12.7. The number of aromatic nitrogens is 2. The van der Waals surface area contributed by atoms with Gasteiger partial charge in [0.1, 0.15) is 11.9 Å². The first-order chi connectivity index (χ1) is 10.7. The molecule has 1 aromatic rings. The van der Waals surface area contributed by atoms with Crippen LogP contribution in [0.1, 0.15) is 25.7 Å². The maximum absolute atomic E-state index is 11.9. The van der Waals surface area contributed by atoms with Crippen molar-refractivity contribution in [3.8, 4) is 0 Å². The highest BCUT2D eigenvalue weighted by atomic mass is 16.5. The Bertz CT molecular complexity index is 510. The third-order valence-corrected chi connectivity index (χ3v) is 4.35. The number of amides is 1. The lowest BCUT2D eigenvalue weighted by molar-refractivity contribution is -0.130. The molecule has 3 rings (SSSR count). The molecular formula is C15H23N5O2. The molecule has 0 bridgehead atoms. The van der Waals surface area contributed by atoms with Crippen LogP contribution in [0.15, 0.2) is 12.3 Å². The smallest absolute Gasteiger partial charge is 0.249 e. The van der Waals surface area contributed by atoms with Crippen molar-refractivity contribution >= 4 is 17.7 Å². The SMILES string of the molecule is Nc1ccnc(N2CCC(CNC(=O)C3CCCO3)CC2)n1. The lowest BCUT2D eigenvalue weighted by Crippen LogP contribution is -2.41. The molecule has 2 aliphatic heterocycles. The molecule has 0 radical (unpaired) electrons. The van der Waals surface area contributed by atoms with E-state index in [9.17, 15) is 4.79 Å². The van der Waals surface area contributed by atoms with Crippen molar-refractivity contribution in [1.29, 1.82) is 0 Å². The summed E-state index contributed by atoms with van der Waals surface area (Å²) in [6.45, 7) is 3.22. The molecule has 7 nitrogen and oxygen atoms in total. The molecule has 22 heavy (non-hydrogen) atoms. The average molecular weight is 305 g/mol. The van der Waals surface area contributed by atoms with Crippen LogP contribution in [0.2, 0.25) is 0 Å². The van der Waals surface area contributed by atoms with Crippen LogP contribution in [0, 0.1) is 5.92 Å². The van der Waals surface area contributed by atoms with E-state index in [4.69, 9.17) is 10.5 Å². The first kappa shape index (κ1) is 15.0. The van der Waals surface area contributed by atoms with Crippen LogP contribution < -0.4 is 16.0 Å². The van der Waals surface area contributed by atoms with Gasteiger partial charge < -0.3 is 20.7 Å². The van der Waals surface area contributed by atoms with Crippen LogP contribution in [0.25, 0.3) is 0 Å². The zero-order chi connectivity index (χ0) is 15.4. The Morgan fingerprint density at radius 2 is 2.23 bits per heavy atom. The number of anilines is 2. The van der Waals surface area contributed by atoms with Crippen LogP contribution in [-0.4, -0.2) is 48.2 Å². The van der Waals surface area contributed by atoms with E-state index in [0.29, 0.717) is 24.3 Å². The second-order valence-electron chi connectivity index (χ2n) is 5.96. The molecule has 2 saturated heterocycles. The van der Waals surface area contributed by atoms with E-state index in [1.807, 2.05) is 0 Å². The fourth-order valence-electron chi connectivity index (χ4n) is 2.99. The van der Waals surface area contributed by atoms with Gasteiger partial charge in [-0.15, -0.1) is 0 Å². The number of ether oxygens (including phenoxy) is 1. The number of carbonyl (C=O) groups excluding carboxylic acids is 1. The molecule has 0 spiro atoms. The fourth-order valence-corrected chi connectivity index (χ4v) is 2.99. The second-order valence-corrected chi connectivity index (χ2v) is 5.96. The summed E-state index contributed by atoms with van der Waals surface area (Å²) in [4.78, 5) is 22.6. The zero-order valence-electron chi connectivity index (χ0n) is 12.7. The Labute approximate surface area is 130 Å². The summed E-state index contributed by atoms with van der Waals surface area (Å²) in [5.74, 6) is 1.74. The molecule has 2 fully saturated rings. The summed E-state index contributed by atoms with van der Waals surface area (Å²) >= 11 is 0. The van der Waals surface area contributed by atoms with Crippen LogP contribution >= 0.6 is 0 Å². The van der Waals surface area contributed by atoms with E-state index in [2.05, 4.69) is 20.2 Å². The van der Waals surface area contributed by atoms with Crippen LogP contribution in [-0.2, 0) is 9.53 Å². The molecule has 3 N–H and O–H groups in total. The Balaban J connectivity index is 1.43. The summed E-state index contributed by atoms with van der Waals surface area (Å²) in [5.41, 5.74) is 5.70. The standard InChI is InChI=1S/C15H23N5O2/c16-13-3-6-17-15(19-13)20-7-4-11(5-8-20)10-18-14(21)12-2-1-9-22-12/h3,6,11-12H,1-2,4-5,7-10H2,(H,18,21)(H2,16,17,19). The van der Waals surface area contributed by atoms with Gasteiger partial charge in [-0.05, 0) is 37.7 Å². The first-order valence-corrected chi connectivity index (χ1v) is 7.95. The largest absolute Gasteiger partial charge is 0.384 e. The number of nitrogens with one attached hydrogen (secondary N) is 1. The molecule has 7 heteroatoms. The second kappa shape index (κ2) is 6.91. The van der Waals surface area contributed by atoms with Crippen LogP contribution in [0.4, 0.5) is 11.8 Å². The molecule has 0 aliphatic carbocycles. The molecule has 2 aliphatic rings. The van der Waals surface area contributed by atoms with Gasteiger partial charge in [0.25, 0.3) is 0 Å². The molecule has 0 saturated carbocycles. The van der Waals surface area contributed by atoms with Gasteiger partial charge in [0.05, 0.1) is 0 Å². The van der Waals surface area contributed by atoms with Gasteiger partial charge in [-0.3, -0.25) is 4.79 Å². The van der Waals surface area contributed by atoms with E-state index < -0.39 is 0 Å². The van der Waals surface area contributed by atoms with Gasteiger partial charge >= 0.3 is 0 Å². The van der Waals surface area contributed by atoms with Crippen molar-refractivity contribution in [1.82, 2.24) is 15.3 Å². The molecule has 0 aromatic carbocycles. The van der Waals surface area contributed by atoms with E-state index in [1.165, 1.54) is 0 Å². The van der Waals surface area contributed by atoms with Crippen molar-refractivity contribution in [2.45, 2.75) is 31.8 Å². The van der Waals surface area contributed by atoms with E-state index in [1.54, 1.807) is 12.3 Å². The van der Waals surface area contributed by atoms with Gasteiger partial charge in [0, 0.05) is 32.4 Å². The maximum atomic E-state index is 11.9. The summed E-state index contributed by atoms with van der Waals surface area (Å²) in [5, 5.41) is 3.02. The molecule has 120 valence electrons. The molecule has 1 atom stereocenters. The lowest BCUT2D eigenvalue weighted by Gasteiger charge is -2.32. The number of piperidine rings is 1. The van der Waals surface area contributed by atoms with Crippen molar-refractivity contribution < 1.29 is 9.53 Å². The number of carbonyl (C=O) groups is 1. The predicted molar refractivity (Wildman–Crippen MR) is 83.4 cm³/mol. The van der Waals surface area contributed by atoms with Crippen LogP contribution in [0.3, 0.4) is 0 Å². The predicted octanol–water partition coefficient (Wildman–Crippen LogP) is 0.570. The maximum Gasteiger partial charge on any atom is 0.249 e. The van der Waals surface area contributed by atoms with Gasteiger partial charge in [-0.25, -0.2) is 4.98 Å². The number of rotatable bonds is 4. The lowest BCUT2D eigenvalue weighted by atomic mass is 9.97. The normalized spacial score (nSPS) is 22.7. The molecule has 3 heterocycles. The minimum atomic E-state index is -0.235. The third-order valence-electron chi connectivity index (χ3n) is 4.35. The van der Waals surface area contributed by atoms with Gasteiger partial charge in [-0.2, -0.15) is 4.98 Å². The van der Waals surface area contributed by atoms with Gasteiger partial charge in [0.2, 0.25) is 11.9 Å².